The Balaban J connectivity index is 1.51. The van der Waals surface area contributed by atoms with Gasteiger partial charge in [0.25, 0.3) is 5.56 Å². The lowest BCUT2D eigenvalue weighted by Gasteiger charge is -2.36. The van der Waals surface area contributed by atoms with E-state index in [9.17, 15) is 19.5 Å². The number of amides is 2. The molecule has 13 heteroatoms. The molecule has 2 amide bonds. The molecular formula is C28H32N8O4S. The van der Waals surface area contributed by atoms with Crippen molar-refractivity contribution in [1.29, 1.82) is 0 Å². The molecule has 1 aliphatic heterocycles. The minimum atomic E-state index is -0.776. The van der Waals surface area contributed by atoms with Crippen molar-refractivity contribution in [3.63, 3.8) is 0 Å². The quantitative estimate of drug-likeness (QED) is 0.290. The van der Waals surface area contributed by atoms with Crippen molar-refractivity contribution in [2.75, 3.05) is 29.9 Å². The van der Waals surface area contributed by atoms with Gasteiger partial charge in [-0.1, -0.05) is 11.3 Å². The van der Waals surface area contributed by atoms with Crippen molar-refractivity contribution in [2.45, 2.75) is 46.6 Å². The smallest absolute Gasteiger partial charge is 0.321 e. The van der Waals surface area contributed by atoms with Gasteiger partial charge in [-0.15, -0.1) is 0 Å². The molecule has 4 aromatic rings. The number of carboxylic acids is 1. The molecule has 3 N–H and O–H groups in total. The van der Waals surface area contributed by atoms with Crippen LogP contribution in [0.25, 0.3) is 32.6 Å². The van der Waals surface area contributed by atoms with E-state index in [1.807, 2.05) is 37.8 Å². The van der Waals surface area contributed by atoms with Gasteiger partial charge in [-0.3, -0.25) is 19.5 Å². The van der Waals surface area contributed by atoms with Gasteiger partial charge in [0.2, 0.25) is 5.95 Å². The number of carbonyl (C=O) groups excluding carboxylic acids is 1. The molecule has 0 bridgehead atoms. The molecule has 1 saturated heterocycles. The molecule has 0 aliphatic carbocycles. The maximum atomic E-state index is 12.8. The van der Waals surface area contributed by atoms with Crippen molar-refractivity contribution < 1.29 is 14.7 Å². The van der Waals surface area contributed by atoms with Gasteiger partial charge < -0.3 is 15.3 Å². The lowest BCUT2D eigenvalue weighted by molar-refractivity contribution is -0.149. The highest BCUT2D eigenvalue weighted by Gasteiger charge is 2.37. The number of rotatable bonds is 7. The predicted molar refractivity (Wildman–Crippen MR) is 158 cm³/mol. The van der Waals surface area contributed by atoms with E-state index in [4.69, 9.17) is 0 Å². The number of piperidine rings is 1. The highest BCUT2D eigenvalue weighted by Crippen LogP contribution is 2.38. The molecule has 5 rings (SSSR count). The Morgan fingerprint density at radius 2 is 1.80 bits per heavy atom. The minimum Gasteiger partial charge on any atom is -0.481 e. The van der Waals surface area contributed by atoms with Crippen LogP contribution in [-0.2, 0) is 4.79 Å². The Hall–Kier alpha value is -4.39. The molecule has 0 saturated carbocycles. The average molecular weight is 577 g/mol. The summed E-state index contributed by atoms with van der Waals surface area (Å²) in [6.45, 7) is 9.05. The standard InChI is InChI=1S/C28H32N8O4S/c1-5-29-26(40)34-27-33-21-11-17(10-19(23(21)41-27)20-12-22(37)36(15-32-20)16(2)3)18-13-30-25(31-14-18)35-8-6-28(4,7-9-35)24(38)39/h10-16H,5-9H2,1-4H3,(H,38,39)(H2,29,33,34,40). The van der Waals surface area contributed by atoms with E-state index >= 15 is 0 Å². The number of thiazole rings is 1. The monoisotopic (exact) mass is 576 g/mol. The van der Waals surface area contributed by atoms with Gasteiger partial charge in [0, 0.05) is 55.3 Å². The molecule has 214 valence electrons. The molecule has 0 spiro atoms. The number of aromatic nitrogens is 5. The van der Waals surface area contributed by atoms with Crippen LogP contribution in [0.4, 0.5) is 15.9 Å². The van der Waals surface area contributed by atoms with Crippen LogP contribution in [0.5, 0.6) is 0 Å². The van der Waals surface area contributed by atoms with E-state index in [0.29, 0.717) is 60.3 Å². The van der Waals surface area contributed by atoms with Gasteiger partial charge in [0.15, 0.2) is 5.13 Å². The first-order valence-corrected chi connectivity index (χ1v) is 14.3. The number of fused-ring (bicyclic) bond motifs is 1. The number of benzene rings is 1. The fourth-order valence-electron chi connectivity index (χ4n) is 4.74. The molecule has 0 atom stereocenters. The largest absolute Gasteiger partial charge is 0.481 e. The summed E-state index contributed by atoms with van der Waals surface area (Å²) in [5, 5.41) is 15.4. The van der Waals surface area contributed by atoms with Crippen LogP contribution in [0.15, 0.2) is 41.7 Å². The van der Waals surface area contributed by atoms with Gasteiger partial charge >= 0.3 is 12.0 Å². The molecule has 41 heavy (non-hydrogen) atoms. The fraction of sp³-hybridized carbons (Fsp3) is 0.393. The minimum absolute atomic E-state index is 0.0277. The number of hydrogen-bond donors (Lipinski definition) is 3. The Labute approximate surface area is 240 Å². The van der Waals surface area contributed by atoms with Crippen molar-refractivity contribution in [3.8, 4) is 22.4 Å². The van der Waals surface area contributed by atoms with E-state index in [-0.39, 0.29) is 17.6 Å². The molecule has 12 nitrogen and oxygen atoms in total. The van der Waals surface area contributed by atoms with Crippen LogP contribution < -0.4 is 21.1 Å². The number of hydrogen-bond acceptors (Lipinski definition) is 9. The number of carbonyl (C=O) groups is 2. The zero-order chi connectivity index (χ0) is 29.3. The predicted octanol–water partition coefficient (Wildman–Crippen LogP) is 4.39. The van der Waals surface area contributed by atoms with Crippen LogP contribution >= 0.6 is 11.3 Å². The average Bonchev–Trinajstić information content (AvgIpc) is 3.35. The molecular weight excluding hydrogens is 544 g/mol. The third kappa shape index (κ3) is 5.75. The Morgan fingerprint density at radius 1 is 1.10 bits per heavy atom. The van der Waals surface area contributed by atoms with Crippen molar-refractivity contribution in [1.82, 2.24) is 29.8 Å². The summed E-state index contributed by atoms with van der Waals surface area (Å²) in [6.07, 6.45) is 6.03. The van der Waals surface area contributed by atoms with Crippen LogP contribution in [0.1, 0.15) is 46.6 Å². The summed E-state index contributed by atoms with van der Waals surface area (Å²) in [7, 11) is 0. The number of anilines is 2. The first-order valence-electron chi connectivity index (χ1n) is 13.5. The number of nitrogens with zero attached hydrogens (tertiary/aromatic N) is 6. The second-order valence-corrected chi connectivity index (χ2v) is 11.6. The van der Waals surface area contributed by atoms with E-state index in [1.165, 1.54) is 17.4 Å². The first-order chi connectivity index (χ1) is 19.6. The highest BCUT2D eigenvalue weighted by atomic mass is 32.1. The van der Waals surface area contributed by atoms with Crippen LogP contribution in [0, 0.1) is 5.41 Å². The summed E-state index contributed by atoms with van der Waals surface area (Å²) in [6, 6.07) is 4.95. The first kappa shape index (κ1) is 28.1. The molecule has 1 fully saturated rings. The molecule has 1 aliphatic rings. The van der Waals surface area contributed by atoms with E-state index in [0.717, 1.165) is 15.8 Å². The second kappa shape index (κ2) is 11.2. The summed E-state index contributed by atoms with van der Waals surface area (Å²) in [5.74, 6) is -0.231. The summed E-state index contributed by atoms with van der Waals surface area (Å²) >= 11 is 1.30. The zero-order valence-corrected chi connectivity index (χ0v) is 24.2. The maximum absolute atomic E-state index is 12.8. The maximum Gasteiger partial charge on any atom is 0.321 e. The van der Waals surface area contributed by atoms with Gasteiger partial charge in [0.1, 0.15) is 0 Å². The lowest BCUT2D eigenvalue weighted by atomic mass is 9.80. The van der Waals surface area contributed by atoms with E-state index in [2.05, 4.69) is 30.6 Å². The molecule has 3 aromatic heterocycles. The molecule has 0 radical (unpaired) electrons. The van der Waals surface area contributed by atoms with Crippen LogP contribution in [0.2, 0.25) is 0 Å². The topological polar surface area (TPSA) is 155 Å². The SMILES string of the molecule is CCNC(=O)Nc1nc2cc(-c3cnc(N4CCC(C)(C(=O)O)CC4)nc3)cc(-c3cc(=O)n(C(C)C)cn3)c2s1. The number of aliphatic carboxylic acids is 1. The van der Waals surface area contributed by atoms with Crippen LogP contribution in [0.3, 0.4) is 0 Å². The third-order valence-electron chi connectivity index (χ3n) is 7.35. The van der Waals surface area contributed by atoms with E-state index < -0.39 is 11.4 Å². The van der Waals surface area contributed by atoms with Gasteiger partial charge in [-0.25, -0.2) is 24.7 Å². The summed E-state index contributed by atoms with van der Waals surface area (Å²) < 4.78 is 2.34. The third-order valence-corrected chi connectivity index (χ3v) is 8.37. The molecule has 4 heterocycles. The van der Waals surface area contributed by atoms with Gasteiger partial charge in [-0.05, 0) is 58.2 Å². The second-order valence-electron chi connectivity index (χ2n) is 10.6. The van der Waals surface area contributed by atoms with Crippen molar-refractivity contribution in [3.05, 3.63) is 47.3 Å². The highest BCUT2D eigenvalue weighted by molar-refractivity contribution is 7.22. The normalized spacial score (nSPS) is 14.8. The van der Waals surface area contributed by atoms with Crippen molar-refractivity contribution in [2.24, 2.45) is 5.41 Å². The summed E-state index contributed by atoms with van der Waals surface area (Å²) in [4.78, 5) is 56.9. The lowest BCUT2D eigenvalue weighted by Crippen LogP contribution is -2.43. The van der Waals surface area contributed by atoms with Crippen LogP contribution in [-0.4, -0.2) is 61.2 Å². The number of nitrogens with one attached hydrogen (secondary N) is 2. The Kier molecular flexibility index (Phi) is 7.72. The Bertz CT molecular complexity index is 1660. The zero-order valence-electron chi connectivity index (χ0n) is 23.3. The van der Waals surface area contributed by atoms with Gasteiger partial charge in [0.05, 0.1) is 27.7 Å². The molecule has 0 unspecified atom stereocenters. The number of urea groups is 1. The Morgan fingerprint density at radius 3 is 2.41 bits per heavy atom. The summed E-state index contributed by atoms with van der Waals surface area (Å²) in [5.41, 5.74) is 2.47. The van der Waals surface area contributed by atoms with E-state index in [1.54, 1.807) is 30.2 Å². The fourth-order valence-corrected chi connectivity index (χ4v) is 5.70. The van der Waals surface area contributed by atoms with Gasteiger partial charge in [-0.2, -0.15) is 0 Å². The van der Waals surface area contributed by atoms with Crippen molar-refractivity contribution >= 4 is 44.6 Å². The molecule has 1 aromatic carbocycles. The number of carboxylic acid groups (broad SMARTS) is 1.